The Labute approximate surface area is 475 Å². The van der Waals surface area contributed by atoms with Crippen molar-refractivity contribution in [2.45, 2.75) is 124 Å². The fourth-order valence-corrected chi connectivity index (χ4v) is 13.8. The van der Waals surface area contributed by atoms with Crippen LogP contribution in [0.5, 0.6) is 0 Å². The van der Waals surface area contributed by atoms with Crippen molar-refractivity contribution in [2.24, 2.45) is 0 Å². The van der Waals surface area contributed by atoms with Gasteiger partial charge < -0.3 is 9.80 Å². The lowest BCUT2D eigenvalue weighted by Crippen LogP contribution is -2.61. The summed E-state index contributed by atoms with van der Waals surface area (Å²) >= 11 is 0. The molecule has 11 aromatic carbocycles. The first-order chi connectivity index (χ1) is 37.9. The van der Waals surface area contributed by atoms with Gasteiger partial charge in [-0.2, -0.15) is 0 Å². The van der Waals surface area contributed by atoms with Crippen LogP contribution in [0.1, 0.15) is 130 Å². The van der Waals surface area contributed by atoms with Gasteiger partial charge in [0.2, 0.25) is 0 Å². The van der Waals surface area contributed by atoms with Crippen molar-refractivity contribution in [3.63, 3.8) is 0 Å². The summed E-state index contributed by atoms with van der Waals surface area (Å²) in [7, 11) is 0. The Balaban J connectivity index is 1.17. The van der Waals surface area contributed by atoms with E-state index in [0.29, 0.717) is 0 Å². The number of anilines is 6. The molecule has 0 saturated carbocycles. The second-order valence-electron chi connectivity index (χ2n) is 28.3. The van der Waals surface area contributed by atoms with E-state index >= 15 is 0 Å². The molecule has 80 heavy (non-hydrogen) atoms. The predicted molar refractivity (Wildman–Crippen MR) is 348 cm³/mol. The molecule has 11 aromatic rings. The molecule has 2 aliphatic heterocycles. The summed E-state index contributed by atoms with van der Waals surface area (Å²) in [6, 6.07) is 74.0. The number of hydrogen-bond donors (Lipinski definition) is 0. The summed E-state index contributed by atoms with van der Waals surface area (Å²) in [5, 5.41) is 10.1. The van der Waals surface area contributed by atoms with E-state index < -0.39 is 0 Å². The zero-order chi connectivity index (χ0) is 55.7. The molecular weight excluding hydrogens is 964 g/mol. The minimum Gasteiger partial charge on any atom is -0.311 e. The highest BCUT2D eigenvalue weighted by Gasteiger charge is 2.45. The molecule has 0 saturated heterocycles. The highest BCUT2D eigenvalue weighted by atomic mass is 15.2. The van der Waals surface area contributed by atoms with Gasteiger partial charge in [-0.25, -0.2) is 0 Å². The molecule has 0 atom stereocenters. The minimum atomic E-state index is -0.105. The quantitative estimate of drug-likeness (QED) is 0.129. The van der Waals surface area contributed by atoms with Gasteiger partial charge in [-0.1, -0.05) is 230 Å². The van der Waals surface area contributed by atoms with Gasteiger partial charge in [0.15, 0.2) is 0 Å². The van der Waals surface area contributed by atoms with Crippen LogP contribution in [0, 0.1) is 0 Å². The Morgan fingerprint density at radius 2 is 0.738 bits per heavy atom. The lowest BCUT2D eigenvalue weighted by Gasteiger charge is -2.45. The van der Waals surface area contributed by atoms with Crippen LogP contribution in [-0.2, 0) is 27.1 Å². The smallest absolute Gasteiger partial charge is 0.252 e. The van der Waals surface area contributed by atoms with Gasteiger partial charge in [-0.15, -0.1) is 0 Å². The molecule has 0 aromatic heterocycles. The fraction of sp³-hybridized carbons (Fsp3) is 0.247. The largest absolute Gasteiger partial charge is 0.311 e. The molecule has 2 heterocycles. The van der Waals surface area contributed by atoms with Gasteiger partial charge in [-0.05, 0) is 191 Å². The Hall–Kier alpha value is -7.88. The first kappa shape index (κ1) is 50.4. The third-order valence-corrected chi connectivity index (χ3v) is 18.5. The van der Waals surface area contributed by atoms with E-state index in [1.807, 2.05) is 0 Å². The van der Waals surface area contributed by atoms with E-state index in [2.05, 4.69) is 295 Å². The van der Waals surface area contributed by atoms with E-state index in [0.717, 1.165) is 0 Å². The van der Waals surface area contributed by atoms with Crippen LogP contribution in [0.15, 0.2) is 188 Å². The van der Waals surface area contributed by atoms with E-state index in [1.165, 1.54) is 149 Å². The molecule has 14 rings (SSSR count). The normalized spacial score (nSPS) is 14.7. The predicted octanol–water partition coefficient (Wildman–Crippen LogP) is 19.5. The van der Waals surface area contributed by atoms with Gasteiger partial charge >= 0.3 is 0 Å². The van der Waals surface area contributed by atoms with Crippen LogP contribution >= 0.6 is 0 Å². The molecule has 0 spiro atoms. The Bertz CT molecular complexity index is 4150. The maximum Gasteiger partial charge on any atom is 0.252 e. The lowest BCUT2D eigenvalue weighted by atomic mass is 9.33. The van der Waals surface area contributed by atoms with Crippen molar-refractivity contribution in [3.05, 3.63) is 221 Å². The van der Waals surface area contributed by atoms with E-state index in [1.54, 1.807) is 0 Å². The average molecular weight is 1040 g/mol. The van der Waals surface area contributed by atoms with Crippen LogP contribution in [0.3, 0.4) is 0 Å². The Morgan fingerprint density at radius 3 is 1.20 bits per heavy atom. The molecule has 2 nitrogen and oxygen atoms in total. The second-order valence-corrected chi connectivity index (χ2v) is 28.3. The molecule has 0 N–H and O–H groups in total. The molecule has 0 amide bonds. The molecule has 0 unspecified atom stereocenters. The summed E-state index contributed by atoms with van der Waals surface area (Å²) in [4.78, 5) is 5.37. The summed E-state index contributed by atoms with van der Waals surface area (Å²) < 4.78 is 0. The van der Waals surface area contributed by atoms with Crippen LogP contribution in [0.25, 0.3) is 65.3 Å². The number of benzene rings is 11. The van der Waals surface area contributed by atoms with Crippen molar-refractivity contribution in [3.8, 4) is 22.3 Å². The van der Waals surface area contributed by atoms with Crippen molar-refractivity contribution in [2.75, 3.05) is 9.80 Å². The molecule has 0 fully saturated rings. The minimum absolute atomic E-state index is 0.0996. The second kappa shape index (κ2) is 17.1. The van der Waals surface area contributed by atoms with Gasteiger partial charge in [0.1, 0.15) is 0 Å². The fourth-order valence-electron chi connectivity index (χ4n) is 13.8. The molecule has 0 bridgehead atoms. The maximum atomic E-state index is 2.69. The van der Waals surface area contributed by atoms with Crippen LogP contribution in [-0.4, -0.2) is 6.71 Å². The molecule has 3 heteroatoms. The molecule has 3 aliphatic rings. The van der Waals surface area contributed by atoms with Crippen molar-refractivity contribution in [1.82, 2.24) is 0 Å². The third kappa shape index (κ3) is 7.74. The number of fused-ring (bicyclic) bond motifs is 13. The molecule has 394 valence electrons. The Kier molecular flexibility index (Phi) is 10.7. The van der Waals surface area contributed by atoms with Crippen LogP contribution in [0.2, 0.25) is 0 Å². The standard InChI is InChI=1S/C77H73BN2/c1-73(2,3)52-38-53(74(4,5)6)41-56(40-52)79-68-34-49-29-27-46-21-15-17-23-58(46)61(49)44-66(68)78-67-45-62-50(30-28-47-22-16-18-24-59(47)62)35-69(67)80(57-42-54(75(7,8)9)39-55(43-57)76(10,11)12)71-37-51(36-70(79)72(71)78)48-31-32-65-63(33-48)60-25-19-20-26-64(60)77(65,13)14/h15-45H,1-14H3. The Morgan fingerprint density at radius 1 is 0.325 bits per heavy atom. The van der Waals surface area contributed by atoms with Crippen molar-refractivity contribution in [1.29, 1.82) is 0 Å². The molecule has 0 radical (unpaired) electrons. The van der Waals surface area contributed by atoms with Crippen LogP contribution < -0.4 is 26.2 Å². The van der Waals surface area contributed by atoms with E-state index in [-0.39, 0.29) is 33.8 Å². The highest BCUT2D eigenvalue weighted by molar-refractivity contribution is 7.00. The summed E-state index contributed by atoms with van der Waals surface area (Å²) in [6.45, 7) is 33.1. The zero-order valence-corrected chi connectivity index (χ0v) is 49.4. The van der Waals surface area contributed by atoms with E-state index in [4.69, 9.17) is 0 Å². The highest BCUT2D eigenvalue weighted by Crippen LogP contribution is 2.53. The van der Waals surface area contributed by atoms with Crippen molar-refractivity contribution >= 4 is 100 Å². The molecular formula is C77H73BN2. The SMILES string of the molecule is CC(C)(C)c1cc(N2c3cc4ccc5ccccc5c4cc3B3c4cc5c(ccc6ccccc65)cc4N(c4cc(C(C)(C)C)cc(C(C)(C)C)c4)c4cc(-c5ccc6c(c5)-c5ccccc5C6(C)C)cc2c43)cc(C(C)(C)C)c1. The van der Waals surface area contributed by atoms with Crippen molar-refractivity contribution < 1.29 is 0 Å². The number of nitrogens with zero attached hydrogens (tertiary/aromatic N) is 2. The van der Waals surface area contributed by atoms with Crippen LogP contribution in [0.4, 0.5) is 34.1 Å². The first-order valence-electron chi connectivity index (χ1n) is 29.2. The van der Waals surface area contributed by atoms with Gasteiger partial charge in [-0.3, -0.25) is 0 Å². The van der Waals surface area contributed by atoms with Gasteiger partial charge in [0.05, 0.1) is 0 Å². The van der Waals surface area contributed by atoms with Gasteiger partial charge in [0.25, 0.3) is 6.71 Å². The lowest BCUT2D eigenvalue weighted by molar-refractivity contribution is 0.568. The topological polar surface area (TPSA) is 6.48 Å². The molecule has 1 aliphatic carbocycles. The zero-order valence-electron chi connectivity index (χ0n) is 49.4. The number of hydrogen-bond acceptors (Lipinski definition) is 2. The average Bonchev–Trinajstić information content (AvgIpc) is 3.77. The number of rotatable bonds is 3. The third-order valence-electron chi connectivity index (χ3n) is 18.5. The monoisotopic (exact) mass is 1040 g/mol. The summed E-state index contributed by atoms with van der Waals surface area (Å²) in [5.74, 6) is 0. The van der Waals surface area contributed by atoms with Gasteiger partial charge in [0, 0.05) is 39.5 Å². The first-order valence-corrected chi connectivity index (χ1v) is 29.2. The summed E-state index contributed by atoms with van der Waals surface area (Å²) in [6.07, 6.45) is 0. The summed E-state index contributed by atoms with van der Waals surface area (Å²) in [5.41, 5.74) is 23.9. The maximum absolute atomic E-state index is 2.69. The van der Waals surface area contributed by atoms with E-state index in [9.17, 15) is 0 Å².